The lowest BCUT2D eigenvalue weighted by molar-refractivity contribution is -0.122. The molecule has 0 radical (unpaired) electrons. The molecule has 1 aliphatic rings. The van der Waals surface area contributed by atoms with Crippen molar-refractivity contribution in [1.29, 1.82) is 0 Å². The number of aryl methyl sites for hydroxylation is 1. The van der Waals surface area contributed by atoms with Gasteiger partial charge in [0, 0.05) is 16.4 Å². The lowest BCUT2D eigenvalue weighted by Gasteiger charge is -2.27. The third-order valence-electron chi connectivity index (χ3n) is 5.45. The molecule has 0 spiro atoms. The summed E-state index contributed by atoms with van der Waals surface area (Å²) >= 11 is 12.5. The molecule has 0 atom stereocenters. The van der Waals surface area contributed by atoms with Crippen LogP contribution in [0.3, 0.4) is 0 Å². The third-order valence-corrected chi connectivity index (χ3v) is 6.17. The Morgan fingerprint density at radius 1 is 0.875 bits per heavy atom. The van der Waals surface area contributed by atoms with E-state index in [1.54, 1.807) is 31.2 Å². The Morgan fingerprint density at radius 3 is 2.25 bits per heavy atom. The van der Waals surface area contributed by atoms with Crippen molar-refractivity contribution < 1.29 is 14.4 Å². The summed E-state index contributed by atoms with van der Waals surface area (Å²) in [6.07, 6.45) is 1.49. The fraction of sp³-hybridized carbons (Fsp3) is 0.125. The number of para-hydroxylation sites is 1. The smallest absolute Gasteiger partial charge is 0.316 e. The van der Waals surface area contributed by atoms with Gasteiger partial charge in [0.15, 0.2) is 0 Å². The van der Waals surface area contributed by atoms with Crippen LogP contribution in [-0.4, -0.2) is 22.4 Å². The molecule has 2 aromatic carbocycles. The molecule has 1 fully saturated rings. The van der Waals surface area contributed by atoms with Crippen LogP contribution in [0.2, 0.25) is 10.0 Å². The summed E-state index contributed by atoms with van der Waals surface area (Å²) in [6.45, 7) is 5.49. The van der Waals surface area contributed by atoms with Crippen LogP contribution >= 0.6 is 23.2 Å². The minimum Gasteiger partial charge on any atom is -0.316 e. The van der Waals surface area contributed by atoms with Crippen LogP contribution < -0.4 is 10.2 Å². The van der Waals surface area contributed by atoms with Gasteiger partial charge in [0.2, 0.25) is 0 Å². The van der Waals surface area contributed by atoms with Crippen molar-refractivity contribution in [1.82, 2.24) is 9.88 Å². The molecule has 0 bridgehead atoms. The predicted octanol–water partition coefficient (Wildman–Crippen LogP) is 5.38. The first kappa shape index (κ1) is 21.9. The van der Waals surface area contributed by atoms with Crippen molar-refractivity contribution in [2.75, 3.05) is 4.90 Å². The maximum absolute atomic E-state index is 13.2. The van der Waals surface area contributed by atoms with Gasteiger partial charge in [0.25, 0.3) is 11.8 Å². The number of halogens is 2. The molecular formula is C24H19Cl2N3O3. The largest absolute Gasteiger partial charge is 0.335 e. The minimum absolute atomic E-state index is 0.150. The minimum atomic E-state index is -0.816. The number of urea groups is 1. The first-order valence-electron chi connectivity index (χ1n) is 9.81. The van der Waals surface area contributed by atoms with Gasteiger partial charge in [-0.25, -0.2) is 9.69 Å². The monoisotopic (exact) mass is 467 g/mol. The molecule has 0 aliphatic carbocycles. The molecule has 0 unspecified atom stereocenters. The van der Waals surface area contributed by atoms with E-state index in [0.29, 0.717) is 26.9 Å². The van der Waals surface area contributed by atoms with Crippen LogP contribution in [0.15, 0.2) is 54.1 Å². The topological polar surface area (TPSA) is 71.4 Å². The molecule has 32 heavy (non-hydrogen) atoms. The highest BCUT2D eigenvalue weighted by atomic mass is 35.5. The van der Waals surface area contributed by atoms with Gasteiger partial charge in [-0.1, -0.05) is 41.4 Å². The number of imide groups is 2. The normalized spacial score (nSPS) is 15.5. The van der Waals surface area contributed by atoms with Crippen molar-refractivity contribution >= 4 is 52.8 Å². The van der Waals surface area contributed by atoms with Crippen molar-refractivity contribution in [2.24, 2.45) is 0 Å². The Hall–Kier alpha value is -3.35. The van der Waals surface area contributed by atoms with E-state index in [0.717, 1.165) is 22.0 Å². The third kappa shape index (κ3) is 3.61. The summed E-state index contributed by atoms with van der Waals surface area (Å²) < 4.78 is 1.95. The van der Waals surface area contributed by atoms with Crippen LogP contribution in [-0.2, 0) is 9.59 Å². The van der Waals surface area contributed by atoms with Gasteiger partial charge in [0.1, 0.15) is 5.57 Å². The molecule has 3 aromatic rings. The maximum atomic E-state index is 13.2. The Balaban J connectivity index is 1.81. The Kier molecular flexibility index (Phi) is 5.67. The zero-order valence-corrected chi connectivity index (χ0v) is 19.1. The number of nitrogens with zero attached hydrogens (tertiary/aromatic N) is 2. The number of amides is 4. The number of benzene rings is 2. The highest BCUT2D eigenvalue weighted by Gasteiger charge is 2.37. The molecule has 0 saturated carbocycles. The SMILES string of the molecule is Cc1c(Cl)cccc1N1C(=O)NC(=O)/C(=C\c2cc(C)n(-c3ccccc3Cl)c2C)C1=O. The van der Waals surface area contributed by atoms with Crippen LogP contribution in [0.25, 0.3) is 11.8 Å². The van der Waals surface area contributed by atoms with Crippen molar-refractivity contribution in [3.05, 3.63) is 86.7 Å². The lowest BCUT2D eigenvalue weighted by atomic mass is 10.1. The van der Waals surface area contributed by atoms with Crippen LogP contribution in [0.4, 0.5) is 10.5 Å². The van der Waals surface area contributed by atoms with Gasteiger partial charge in [-0.2, -0.15) is 0 Å². The molecule has 162 valence electrons. The van der Waals surface area contributed by atoms with Crippen molar-refractivity contribution in [3.8, 4) is 5.69 Å². The summed E-state index contributed by atoms with van der Waals surface area (Å²) in [5.41, 5.74) is 3.86. The summed E-state index contributed by atoms with van der Waals surface area (Å²) in [4.78, 5) is 39.3. The van der Waals surface area contributed by atoms with Crippen molar-refractivity contribution in [2.45, 2.75) is 20.8 Å². The standard InChI is InChI=1S/C24H19Cl2N3O3/c1-13-11-16(15(3)28(13)21-9-5-4-7-19(21)26)12-17-22(30)27-24(32)29(23(17)31)20-10-6-8-18(25)14(20)2/h4-12H,1-3H3,(H,27,30,32)/b17-12+. The highest BCUT2D eigenvalue weighted by molar-refractivity contribution is 6.40. The van der Waals surface area contributed by atoms with E-state index >= 15 is 0 Å². The Labute approximate surface area is 195 Å². The average Bonchev–Trinajstić information content (AvgIpc) is 3.01. The maximum Gasteiger partial charge on any atom is 0.335 e. The molecule has 4 amide bonds. The number of hydrogen-bond donors (Lipinski definition) is 1. The molecule has 1 N–H and O–H groups in total. The van der Waals surface area contributed by atoms with Gasteiger partial charge in [-0.05, 0) is 68.3 Å². The van der Waals surface area contributed by atoms with Crippen LogP contribution in [0, 0.1) is 20.8 Å². The number of rotatable bonds is 3. The van der Waals surface area contributed by atoms with E-state index in [9.17, 15) is 14.4 Å². The quantitative estimate of drug-likeness (QED) is 0.415. The predicted molar refractivity (Wildman–Crippen MR) is 125 cm³/mol. The molecular weight excluding hydrogens is 449 g/mol. The molecule has 4 rings (SSSR count). The zero-order valence-electron chi connectivity index (χ0n) is 17.6. The first-order chi connectivity index (χ1) is 15.2. The van der Waals surface area contributed by atoms with Gasteiger partial charge >= 0.3 is 6.03 Å². The lowest BCUT2D eigenvalue weighted by Crippen LogP contribution is -2.54. The van der Waals surface area contributed by atoms with Crippen LogP contribution in [0.5, 0.6) is 0 Å². The highest BCUT2D eigenvalue weighted by Crippen LogP contribution is 2.31. The number of aromatic nitrogens is 1. The van der Waals surface area contributed by atoms with E-state index in [-0.39, 0.29) is 5.57 Å². The van der Waals surface area contributed by atoms with Gasteiger partial charge in [-0.15, -0.1) is 0 Å². The summed E-state index contributed by atoms with van der Waals surface area (Å²) in [7, 11) is 0. The van der Waals surface area contributed by atoms with E-state index in [1.807, 2.05) is 42.7 Å². The molecule has 2 heterocycles. The molecule has 1 saturated heterocycles. The van der Waals surface area contributed by atoms with Gasteiger partial charge < -0.3 is 4.57 Å². The number of carbonyl (C=O) groups excluding carboxylic acids is 3. The summed E-state index contributed by atoms with van der Waals surface area (Å²) in [6, 6.07) is 13.4. The Morgan fingerprint density at radius 2 is 1.53 bits per heavy atom. The second-order valence-electron chi connectivity index (χ2n) is 7.46. The average molecular weight is 468 g/mol. The van der Waals surface area contributed by atoms with Gasteiger partial charge in [0.05, 0.1) is 16.4 Å². The van der Waals surface area contributed by atoms with E-state index in [4.69, 9.17) is 23.2 Å². The molecule has 8 heteroatoms. The summed E-state index contributed by atoms with van der Waals surface area (Å²) in [5.74, 6) is -1.47. The van der Waals surface area contributed by atoms with Gasteiger partial charge in [-0.3, -0.25) is 14.9 Å². The number of anilines is 1. The number of carbonyl (C=O) groups is 3. The second-order valence-corrected chi connectivity index (χ2v) is 8.27. The van der Waals surface area contributed by atoms with E-state index in [2.05, 4.69) is 5.32 Å². The zero-order chi connectivity index (χ0) is 23.2. The Bertz CT molecular complexity index is 1320. The first-order valence-corrected chi connectivity index (χ1v) is 10.6. The fourth-order valence-electron chi connectivity index (χ4n) is 3.81. The number of hydrogen-bond acceptors (Lipinski definition) is 3. The number of nitrogens with one attached hydrogen (secondary N) is 1. The molecule has 1 aliphatic heterocycles. The van der Waals surface area contributed by atoms with E-state index < -0.39 is 17.8 Å². The van der Waals surface area contributed by atoms with E-state index in [1.165, 1.54) is 6.08 Å². The summed E-state index contributed by atoms with van der Waals surface area (Å²) in [5, 5.41) is 3.23. The molecule has 1 aromatic heterocycles. The van der Waals surface area contributed by atoms with Crippen LogP contribution in [0.1, 0.15) is 22.5 Å². The second kappa shape index (κ2) is 8.30. The fourth-order valence-corrected chi connectivity index (χ4v) is 4.20. The number of barbiturate groups is 1. The van der Waals surface area contributed by atoms with Crippen molar-refractivity contribution in [3.63, 3.8) is 0 Å². The molecule has 6 nitrogen and oxygen atoms in total.